The number of rotatable bonds is 6. The number of carbonyl (C=O) groups is 2. The smallest absolute Gasteiger partial charge is 0.337 e. The van der Waals surface area contributed by atoms with Crippen LogP contribution in [0.5, 0.6) is 0 Å². The molecule has 0 bridgehead atoms. The van der Waals surface area contributed by atoms with Crippen LogP contribution in [0.1, 0.15) is 33.4 Å². The van der Waals surface area contributed by atoms with Crippen molar-refractivity contribution in [1.82, 2.24) is 5.32 Å². The summed E-state index contributed by atoms with van der Waals surface area (Å²) in [6.07, 6.45) is 1.83. The number of aliphatic hydroxyl groups is 1. The van der Waals surface area contributed by atoms with Crippen LogP contribution in [-0.4, -0.2) is 36.2 Å². The molecule has 1 amide bonds. The Morgan fingerprint density at radius 2 is 1.87 bits per heavy atom. The van der Waals surface area contributed by atoms with Crippen molar-refractivity contribution in [2.75, 3.05) is 13.7 Å². The van der Waals surface area contributed by atoms with Crippen LogP contribution in [0, 0.1) is 0 Å². The summed E-state index contributed by atoms with van der Waals surface area (Å²) in [6, 6.07) is 9.60. The SMILES string of the molecule is COC(=O)c1ccc(C(=O)NCC(C)(O)Cc2ccco2)cc1. The second-order valence-electron chi connectivity index (χ2n) is 5.50. The fraction of sp³-hybridized carbons (Fsp3) is 0.294. The van der Waals surface area contributed by atoms with Gasteiger partial charge in [-0.05, 0) is 43.3 Å². The molecule has 0 aliphatic heterocycles. The quantitative estimate of drug-likeness (QED) is 0.793. The summed E-state index contributed by atoms with van der Waals surface area (Å²) >= 11 is 0. The van der Waals surface area contributed by atoms with Crippen LogP contribution in [0.15, 0.2) is 47.1 Å². The van der Waals surface area contributed by atoms with Gasteiger partial charge in [0.15, 0.2) is 0 Å². The van der Waals surface area contributed by atoms with E-state index in [1.54, 1.807) is 19.1 Å². The molecule has 0 saturated carbocycles. The number of amides is 1. The molecule has 2 N–H and O–H groups in total. The average Bonchev–Trinajstić information content (AvgIpc) is 3.04. The highest BCUT2D eigenvalue weighted by molar-refractivity contribution is 5.96. The van der Waals surface area contributed by atoms with Crippen molar-refractivity contribution in [3.05, 3.63) is 59.5 Å². The second kappa shape index (κ2) is 7.11. The summed E-state index contributed by atoms with van der Waals surface area (Å²) in [5, 5.41) is 13.0. The maximum absolute atomic E-state index is 12.1. The Morgan fingerprint density at radius 1 is 1.22 bits per heavy atom. The van der Waals surface area contributed by atoms with E-state index in [4.69, 9.17) is 4.42 Å². The van der Waals surface area contributed by atoms with Crippen molar-refractivity contribution in [3.8, 4) is 0 Å². The molecule has 0 spiro atoms. The molecule has 0 fully saturated rings. The van der Waals surface area contributed by atoms with Gasteiger partial charge in [-0.3, -0.25) is 4.79 Å². The summed E-state index contributed by atoms with van der Waals surface area (Å²) in [4.78, 5) is 23.4. The molecule has 0 aliphatic carbocycles. The first-order chi connectivity index (χ1) is 10.9. The zero-order chi connectivity index (χ0) is 16.9. The van der Waals surface area contributed by atoms with E-state index < -0.39 is 11.6 Å². The van der Waals surface area contributed by atoms with Crippen LogP contribution in [-0.2, 0) is 11.2 Å². The van der Waals surface area contributed by atoms with Gasteiger partial charge in [0.05, 0.1) is 24.5 Å². The van der Waals surface area contributed by atoms with E-state index in [9.17, 15) is 14.7 Å². The molecule has 2 rings (SSSR count). The number of hydrogen-bond acceptors (Lipinski definition) is 5. The topological polar surface area (TPSA) is 88.8 Å². The van der Waals surface area contributed by atoms with Gasteiger partial charge < -0.3 is 19.6 Å². The Labute approximate surface area is 134 Å². The zero-order valence-electron chi connectivity index (χ0n) is 13.0. The number of furan rings is 1. The predicted molar refractivity (Wildman–Crippen MR) is 83.2 cm³/mol. The van der Waals surface area contributed by atoms with Crippen molar-refractivity contribution in [1.29, 1.82) is 0 Å². The number of benzene rings is 1. The molecule has 1 unspecified atom stereocenters. The van der Waals surface area contributed by atoms with Crippen molar-refractivity contribution in [3.63, 3.8) is 0 Å². The van der Waals surface area contributed by atoms with Crippen molar-refractivity contribution < 1.29 is 23.8 Å². The third-order valence-electron chi connectivity index (χ3n) is 3.33. The fourth-order valence-corrected chi connectivity index (χ4v) is 2.10. The zero-order valence-corrected chi connectivity index (χ0v) is 13.0. The Hall–Kier alpha value is -2.60. The first-order valence-corrected chi connectivity index (χ1v) is 7.12. The molecular formula is C17H19NO5. The van der Waals surface area contributed by atoms with Gasteiger partial charge in [0.2, 0.25) is 0 Å². The highest BCUT2D eigenvalue weighted by Gasteiger charge is 2.23. The Balaban J connectivity index is 1.92. The molecule has 0 aliphatic rings. The number of methoxy groups -OCH3 is 1. The molecule has 2 aromatic rings. The van der Waals surface area contributed by atoms with Crippen LogP contribution in [0.25, 0.3) is 0 Å². The second-order valence-corrected chi connectivity index (χ2v) is 5.50. The van der Waals surface area contributed by atoms with E-state index in [2.05, 4.69) is 10.1 Å². The van der Waals surface area contributed by atoms with Gasteiger partial charge in [0.25, 0.3) is 5.91 Å². The van der Waals surface area contributed by atoms with Gasteiger partial charge >= 0.3 is 5.97 Å². The molecular weight excluding hydrogens is 298 g/mol. The van der Waals surface area contributed by atoms with E-state index in [1.807, 2.05) is 0 Å². The van der Waals surface area contributed by atoms with E-state index in [1.165, 1.54) is 37.6 Å². The Kier molecular flexibility index (Phi) is 5.18. The van der Waals surface area contributed by atoms with E-state index in [0.29, 0.717) is 23.3 Å². The summed E-state index contributed by atoms with van der Waals surface area (Å²) in [6.45, 7) is 1.70. The third kappa shape index (κ3) is 4.69. The van der Waals surface area contributed by atoms with Gasteiger partial charge in [0, 0.05) is 18.5 Å². The van der Waals surface area contributed by atoms with E-state index >= 15 is 0 Å². The normalized spacial score (nSPS) is 13.2. The minimum atomic E-state index is -1.13. The summed E-state index contributed by atoms with van der Waals surface area (Å²) < 4.78 is 9.79. The van der Waals surface area contributed by atoms with Crippen LogP contribution >= 0.6 is 0 Å². The molecule has 1 heterocycles. The highest BCUT2D eigenvalue weighted by Crippen LogP contribution is 2.13. The third-order valence-corrected chi connectivity index (χ3v) is 3.33. The highest BCUT2D eigenvalue weighted by atomic mass is 16.5. The molecule has 0 radical (unpaired) electrons. The number of esters is 1. The van der Waals surface area contributed by atoms with Gasteiger partial charge in [-0.1, -0.05) is 0 Å². The number of carbonyl (C=O) groups excluding carboxylic acids is 2. The maximum Gasteiger partial charge on any atom is 0.337 e. The summed E-state index contributed by atoms with van der Waals surface area (Å²) in [5.74, 6) is -0.147. The van der Waals surface area contributed by atoms with Crippen molar-refractivity contribution in [2.45, 2.75) is 18.9 Å². The molecule has 122 valence electrons. The van der Waals surface area contributed by atoms with E-state index in [0.717, 1.165) is 0 Å². The van der Waals surface area contributed by atoms with Crippen LogP contribution in [0.4, 0.5) is 0 Å². The van der Waals surface area contributed by atoms with Gasteiger partial charge in [-0.25, -0.2) is 4.79 Å². The van der Waals surface area contributed by atoms with Crippen LogP contribution < -0.4 is 5.32 Å². The molecule has 1 atom stereocenters. The summed E-state index contributed by atoms with van der Waals surface area (Å²) in [5.41, 5.74) is -0.361. The number of hydrogen-bond donors (Lipinski definition) is 2. The molecule has 23 heavy (non-hydrogen) atoms. The van der Waals surface area contributed by atoms with Gasteiger partial charge in [-0.2, -0.15) is 0 Å². The summed E-state index contributed by atoms with van der Waals surface area (Å²) in [7, 11) is 1.30. The Bertz CT molecular complexity index is 659. The molecule has 6 heteroatoms. The average molecular weight is 317 g/mol. The lowest BCUT2D eigenvalue weighted by Crippen LogP contribution is -2.42. The van der Waals surface area contributed by atoms with Crippen LogP contribution in [0.3, 0.4) is 0 Å². The number of nitrogens with one attached hydrogen (secondary N) is 1. The van der Waals surface area contributed by atoms with Crippen LogP contribution in [0.2, 0.25) is 0 Å². The first-order valence-electron chi connectivity index (χ1n) is 7.12. The molecule has 6 nitrogen and oxygen atoms in total. The fourth-order valence-electron chi connectivity index (χ4n) is 2.10. The van der Waals surface area contributed by atoms with E-state index in [-0.39, 0.29) is 12.5 Å². The minimum absolute atomic E-state index is 0.0747. The minimum Gasteiger partial charge on any atom is -0.469 e. The molecule has 1 aromatic heterocycles. The van der Waals surface area contributed by atoms with Crippen molar-refractivity contribution >= 4 is 11.9 Å². The lowest BCUT2D eigenvalue weighted by atomic mass is 10.0. The first kappa shape index (κ1) is 16.8. The lowest BCUT2D eigenvalue weighted by Gasteiger charge is -2.22. The molecule has 0 saturated heterocycles. The lowest BCUT2D eigenvalue weighted by molar-refractivity contribution is 0.0510. The van der Waals surface area contributed by atoms with Gasteiger partial charge in [0.1, 0.15) is 5.76 Å². The predicted octanol–water partition coefficient (Wildman–Crippen LogP) is 1.79. The van der Waals surface area contributed by atoms with Gasteiger partial charge in [-0.15, -0.1) is 0 Å². The number of ether oxygens (including phenoxy) is 1. The monoisotopic (exact) mass is 317 g/mol. The molecule has 1 aromatic carbocycles. The standard InChI is InChI=1S/C17H19NO5/c1-17(21,10-14-4-3-9-23-14)11-18-15(19)12-5-7-13(8-6-12)16(20)22-2/h3-9,21H,10-11H2,1-2H3,(H,18,19). The van der Waals surface area contributed by atoms with Crippen molar-refractivity contribution in [2.24, 2.45) is 0 Å². The Morgan fingerprint density at radius 3 is 2.43 bits per heavy atom. The maximum atomic E-state index is 12.1. The largest absolute Gasteiger partial charge is 0.469 e.